The van der Waals surface area contributed by atoms with E-state index in [1.54, 1.807) is 31.2 Å². The molecule has 2 amide bonds. The van der Waals surface area contributed by atoms with Gasteiger partial charge in [-0.05, 0) is 30.2 Å². The SMILES string of the molecule is CC1NC(=O)NC(c2ccc(Cl)cc2)=C1C(=O)OCc1ccccc1. The monoisotopic (exact) mass is 356 g/mol. The van der Waals surface area contributed by atoms with Crippen molar-refractivity contribution in [1.82, 2.24) is 10.6 Å². The fraction of sp³-hybridized carbons (Fsp3) is 0.158. The van der Waals surface area contributed by atoms with Crippen molar-refractivity contribution in [3.63, 3.8) is 0 Å². The minimum absolute atomic E-state index is 0.164. The lowest BCUT2D eigenvalue weighted by Gasteiger charge is -2.26. The van der Waals surface area contributed by atoms with Crippen molar-refractivity contribution in [3.05, 3.63) is 76.3 Å². The number of esters is 1. The summed E-state index contributed by atoms with van der Waals surface area (Å²) in [7, 11) is 0. The zero-order valence-electron chi connectivity index (χ0n) is 13.6. The Balaban J connectivity index is 1.89. The number of carbonyl (C=O) groups excluding carboxylic acids is 2. The Hall–Kier alpha value is -2.79. The van der Waals surface area contributed by atoms with Crippen molar-refractivity contribution in [1.29, 1.82) is 0 Å². The van der Waals surface area contributed by atoms with Crippen molar-refractivity contribution in [2.45, 2.75) is 19.6 Å². The molecule has 2 aromatic rings. The third-order valence-electron chi connectivity index (χ3n) is 3.85. The molecule has 25 heavy (non-hydrogen) atoms. The van der Waals surface area contributed by atoms with Crippen LogP contribution < -0.4 is 10.6 Å². The first-order valence-electron chi connectivity index (χ1n) is 7.83. The fourth-order valence-electron chi connectivity index (χ4n) is 2.63. The van der Waals surface area contributed by atoms with Crippen molar-refractivity contribution in [2.75, 3.05) is 0 Å². The molecule has 0 saturated heterocycles. The molecule has 2 aromatic carbocycles. The highest BCUT2D eigenvalue weighted by molar-refractivity contribution is 6.30. The third-order valence-corrected chi connectivity index (χ3v) is 4.11. The van der Waals surface area contributed by atoms with Gasteiger partial charge in [0.1, 0.15) is 6.61 Å². The third kappa shape index (κ3) is 4.00. The van der Waals surface area contributed by atoms with E-state index in [4.69, 9.17) is 16.3 Å². The number of nitrogens with one attached hydrogen (secondary N) is 2. The Morgan fingerprint density at radius 1 is 1.12 bits per heavy atom. The number of hydrogen-bond acceptors (Lipinski definition) is 3. The van der Waals surface area contributed by atoms with Gasteiger partial charge in [-0.2, -0.15) is 0 Å². The summed E-state index contributed by atoms with van der Waals surface area (Å²) >= 11 is 5.92. The van der Waals surface area contributed by atoms with Gasteiger partial charge < -0.3 is 15.4 Å². The number of benzene rings is 2. The minimum atomic E-state index is -0.478. The number of rotatable bonds is 4. The van der Waals surface area contributed by atoms with Gasteiger partial charge in [-0.25, -0.2) is 9.59 Å². The molecule has 1 heterocycles. The molecule has 1 aliphatic heterocycles. The summed E-state index contributed by atoms with van der Waals surface area (Å²) in [4.78, 5) is 24.5. The van der Waals surface area contributed by atoms with Gasteiger partial charge in [0.15, 0.2) is 0 Å². The van der Waals surface area contributed by atoms with E-state index in [2.05, 4.69) is 10.6 Å². The molecule has 0 fully saturated rings. The summed E-state index contributed by atoms with van der Waals surface area (Å²) in [6.45, 7) is 1.91. The first-order valence-corrected chi connectivity index (χ1v) is 8.21. The van der Waals surface area contributed by atoms with Crippen LogP contribution in [0.25, 0.3) is 5.70 Å². The van der Waals surface area contributed by atoms with E-state index in [1.165, 1.54) is 0 Å². The Kier molecular flexibility index (Phi) is 5.05. The average Bonchev–Trinajstić information content (AvgIpc) is 2.60. The van der Waals surface area contributed by atoms with E-state index in [9.17, 15) is 9.59 Å². The summed E-state index contributed by atoms with van der Waals surface area (Å²) in [6.07, 6.45) is 0. The molecule has 5 nitrogen and oxygen atoms in total. The van der Waals surface area contributed by atoms with Crippen LogP contribution in [0.15, 0.2) is 60.2 Å². The lowest BCUT2D eigenvalue weighted by Crippen LogP contribution is -2.48. The first-order chi connectivity index (χ1) is 12.0. The largest absolute Gasteiger partial charge is 0.457 e. The van der Waals surface area contributed by atoms with Gasteiger partial charge in [0.2, 0.25) is 0 Å². The highest BCUT2D eigenvalue weighted by Gasteiger charge is 2.30. The Bertz CT molecular complexity index is 816. The van der Waals surface area contributed by atoms with Gasteiger partial charge >= 0.3 is 12.0 Å². The van der Waals surface area contributed by atoms with Gasteiger partial charge in [0.05, 0.1) is 17.3 Å². The zero-order chi connectivity index (χ0) is 17.8. The van der Waals surface area contributed by atoms with Crippen molar-refractivity contribution >= 4 is 29.3 Å². The van der Waals surface area contributed by atoms with Gasteiger partial charge in [-0.3, -0.25) is 0 Å². The number of carbonyl (C=O) groups is 2. The Morgan fingerprint density at radius 2 is 1.80 bits per heavy atom. The number of hydrogen-bond donors (Lipinski definition) is 2. The maximum Gasteiger partial charge on any atom is 0.338 e. The molecule has 0 aliphatic carbocycles. The highest BCUT2D eigenvalue weighted by Crippen LogP contribution is 2.24. The number of urea groups is 1. The average molecular weight is 357 g/mol. The molecule has 2 N–H and O–H groups in total. The summed E-state index contributed by atoms with van der Waals surface area (Å²) in [5.41, 5.74) is 2.39. The predicted octanol–water partition coefficient (Wildman–Crippen LogP) is 3.50. The van der Waals surface area contributed by atoms with E-state index < -0.39 is 12.0 Å². The lowest BCUT2D eigenvalue weighted by molar-refractivity contribution is -0.140. The van der Waals surface area contributed by atoms with Gasteiger partial charge in [-0.1, -0.05) is 54.1 Å². The topological polar surface area (TPSA) is 67.4 Å². The highest BCUT2D eigenvalue weighted by atomic mass is 35.5. The van der Waals surface area contributed by atoms with Crippen LogP contribution in [-0.4, -0.2) is 18.0 Å². The number of ether oxygens (including phenoxy) is 1. The molecular weight excluding hydrogens is 340 g/mol. The van der Waals surface area contributed by atoms with Crippen LogP contribution in [0.3, 0.4) is 0 Å². The van der Waals surface area contributed by atoms with Crippen LogP contribution in [0.2, 0.25) is 5.02 Å². The van der Waals surface area contributed by atoms with E-state index in [0.717, 1.165) is 5.56 Å². The predicted molar refractivity (Wildman–Crippen MR) is 95.7 cm³/mol. The fourth-order valence-corrected chi connectivity index (χ4v) is 2.75. The maximum atomic E-state index is 12.6. The summed E-state index contributed by atoms with van der Waals surface area (Å²) in [6, 6.07) is 15.5. The van der Waals surface area contributed by atoms with E-state index in [0.29, 0.717) is 21.9 Å². The molecular formula is C19H17ClN2O3. The van der Waals surface area contributed by atoms with E-state index >= 15 is 0 Å². The van der Waals surface area contributed by atoms with E-state index in [1.807, 2.05) is 30.3 Å². The van der Waals surface area contributed by atoms with Crippen molar-refractivity contribution < 1.29 is 14.3 Å². The normalized spacial score (nSPS) is 16.9. The van der Waals surface area contributed by atoms with Crippen LogP contribution in [0.1, 0.15) is 18.1 Å². The van der Waals surface area contributed by atoms with Crippen LogP contribution in [-0.2, 0) is 16.1 Å². The molecule has 0 spiro atoms. The van der Waals surface area contributed by atoms with Crippen LogP contribution in [0, 0.1) is 0 Å². The summed E-state index contributed by atoms with van der Waals surface area (Å²) in [5.74, 6) is -0.478. The minimum Gasteiger partial charge on any atom is -0.457 e. The second kappa shape index (κ2) is 7.40. The lowest BCUT2D eigenvalue weighted by atomic mass is 9.99. The van der Waals surface area contributed by atoms with Crippen LogP contribution in [0.4, 0.5) is 4.79 Å². The molecule has 0 radical (unpaired) electrons. The standard InChI is InChI=1S/C19H17ClN2O3/c1-12-16(18(23)25-11-13-5-3-2-4-6-13)17(22-19(24)21-12)14-7-9-15(20)10-8-14/h2-10,12H,11H2,1H3,(H2,21,22,24). The first kappa shape index (κ1) is 17.0. The molecule has 1 unspecified atom stereocenters. The summed E-state index contributed by atoms with van der Waals surface area (Å²) in [5, 5.41) is 5.96. The molecule has 6 heteroatoms. The quantitative estimate of drug-likeness (QED) is 0.824. The smallest absolute Gasteiger partial charge is 0.338 e. The molecule has 3 rings (SSSR count). The zero-order valence-corrected chi connectivity index (χ0v) is 14.3. The molecule has 1 atom stereocenters. The summed E-state index contributed by atoms with van der Waals surface area (Å²) < 4.78 is 5.43. The number of halogens is 1. The molecule has 0 bridgehead atoms. The molecule has 1 aliphatic rings. The molecule has 128 valence electrons. The second-order valence-corrected chi connectivity index (χ2v) is 6.11. The second-order valence-electron chi connectivity index (χ2n) is 5.68. The number of amides is 2. The molecule has 0 aromatic heterocycles. The van der Waals surface area contributed by atoms with Gasteiger partial charge in [0, 0.05) is 5.02 Å². The molecule has 0 saturated carbocycles. The Morgan fingerprint density at radius 3 is 2.48 bits per heavy atom. The van der Waals surface area contributed by atoms with Crippen molar-refractivity contribution in [3.8, 4) is 0 Å². The van der Waals surface area contributed by atoms with Crippen LogP contribution >= 0.6 is 11.6 Å². The maximum absolute atomic E-state index is 12.6. The van der Waals surface area contributed by atoms with E-state index in [-0.39, 0.29) is 12.6 Å². The van der Waals surface area contributed by atoms with Gasteiger partial charge in [0.25, 0.3) is 0 Å². The Labute approximate surface area is 150 Å². The van der Waals surface area contributed by atoms with Crippen molar-refractivity contribution in [2.24, 2.45) is 0 Å². The van der Waals surface area contributed by atoms with Gasteiger partial charge in [-0.15, -0.1) is 0 Å². The van der Waals surface area contributed by atoms with Crippen LogP contribution in [0.5, 0.6) is 0 Å².